The SMILES string of the molecule is CC(C)c1cnn2c(NCc3ccccc3-c3cc4c(CC(=O)/C=C/CN(C)C)cccc4[nH]3)nc(N3CCC(N)CC3)nc12. The van der Waals surface area contributed by atoms with Crippen LogP contribution in [-0.4, -0.2) is 75.0 Å². The van der Waals surface area contributed by atoms with Crippen LogP contribution in [-0.2, 0) is 17.8 Å². The number of nitrogens with two attached hydrogens (primary N) is 1. The topological polar surface area (TPSA) is 120 Å². The number of carbonyl (C=O) groups is 1. The minimum Gasteiger partial charge on any atom is -0.355 e. The Hall–Kier alpha value is -4.54. The van der Waals surface area contributed by atoms with Crippen LogP contribution in [0.4, 0.5) is 11.9 Å². The number of likely N-dealkylation sites (N-methyl/N-ethyl adjacent to an activating group) is 1. The van der Waals surface area contributed by atoms with Gasteiger partial charge in [-0.2, -0.15) is 19.6 Å². The summed E-state index contributed by atoms with van der Waals surface area (Å²) in [4.78, 5) is 30.5. The van der Waals surface area contributed by atoms with Crippen molar-refractivity contribution in [1.82, 2.24) is 29.5 Å². The van der Waals surface area contributed by atoms with Crippen molar-refractivity contribution < 1.29 is 4.79 Å². The number of aromatic nitrogens is 5. The second-order valence-corrected chi connectivity index (χ2v) is 12.5. The Morgan fingerprint density at radius 1 is 1.11 bits per heavy atom. The van der Waals surface area contributed by atoms with Gasteiger partial charge in [-0.25, -0.2) is 0 Å². The molecule has 0 radical (unpaired) electrons. The molecule has 0 atom stereocenters. The van der Waals surface area contributed by atoms with E-state index in [-0.39, 0.29) is 17.7 Å². The quantitative estimate of drug-likeness (QED) is 0.177. The second-order valence-electron chi connectivity index (χ2n) is 12.5. The third-order valence-corrected chi connectivity index (χ3v) is 8.47. The van der Waals surface area contributed by atoms with Gasteiger partial charge in [0, 0.05) is 66.4 Å². The summed E-state index contributed by atoms with van der Waals surface area (Å²) in [6.45, 7) is 7.28. The van der Waals surface area contributed by atoms with Gasteiger partial charge in [-0.3, -0.25) is 4.79 Å². The first-order chi connectivity index (χ1) is 21.8. The molecule has 2 aromatic carbocycles. The number of nitrogens with one attached hydrogen (secondary N) is 2. The maximum atomic E-state index is 12.7. The number of aromatic amines is 1. The molecule has 1 fully saturated rings. The van der Waals surface area contributed by atoms with Crippen LogP contribution in [0.1, 0.15) is 49.3 Å². The summed E-state index contributed by atoms with van der Waals surface area (Å²) in [5, 5.41) is 9.31. The second kappa shape index (κ2) is 13.2. The molecule has 4 heterocycles. The van der Waals surface area contributed by atoms with E-state index in [1.54, 1.807) is 6.08 Å². The van der Waals surface area contributed by atoms with E-state index in [1.807, 2.05) is 47.9 Å². The summed E-state index contributed by atoms with van der Waals surface area (Å²) in [5.41, 5.74) is 13.3. The number of anilines is 2. The smallest absolute Gasteiger partial charge is 0.230 e. The molecular weight excluding hydrogens is 562 g/mol. The van der Waals surface area contributed by atoms with Crippen molar-refractivity contribution in [3.8, 4) is 11.3 Å². The van der Waals surface area contributed by atoms with Crippen LogP contribution in [0.25, 0.3) is 27.8 Å². The number of hydrogen-bond acceptors (Lipinski definition) is 8. The van der Waals surface area contributed by atoms with Gasteiger partial charge in [0.25, 0.3) is 0 Å². The minimum absolute atomic E-state index is 0.0962. The van der Waals surface area contributed by atoms with Crippen molar-refractivity contribution in [2.45, 2.75) is 51.6 Å². The molecule has 3 aromatic heterocycles. The van der Waals surface area contributed by atoms with Gasteiger partial charge in [-0.05, 0) is 62.2 Å². The predicted octanol–water partition coefficient (Wildman–Crippen LogP) is 5.17. The molecule has 10 nitrogen and oxygen atoms in total. The molecule has 0 amide bonds. The molecule has 6 rings (SSSR count). The number of nitrogens with zero attached hydrogens (tertiary/aromatic N) is 6. The third-order valence-electron chi connectivity index (χ3n) is 8.47. The Morgan fingerprint density at radius 2 is 1.89 bits per heavy atom. The van der Waals surface area contributed by atoms with Gasteiger partial charge in [0.05, 0.1) is 6.20 Å². The number of H-pyrrole nitrogens is 1. The van der Waals surface area contributed by atoms with Crippen molar-refractivity contribution in [2.75, 3.05) is 43.9 Å². The molecule has 1 aliphatic rings. The molecular formula is C35H43N9O. The molecule has 0 unspecified atom stereocenters. The number of fused-ring (bicyclic) bond motifs is 2. The van der Waals surface area contributed by atoms with Gasteiger partial charge in [-0.1, -0.05) is 56.3 Å². The standard InChI is InChI=1S/C35H43N9O/c1-23(2)30-22-38-44-33(30)40-35(43-17-14-26(36)15-18-43)41-34(44)37-21-25-9-5-6-12-28(25)32-20-29-24(10-7-13-31(29)39-32)19-27(45)11-8-16-42(3)4/h5-13,20,22-23,26,39H,14-19,21,36H2,1-4H3,(H,37,40,41)/b11-8+. The van der Waals surface area contributed by atoms with Gasteiger partial charge in [0.15, 0.2) is 11.4 Å². The van der Waals surface area contributed by atoms with Gasteiger partial charge in [0.2, 0.25) is 11.9 Å². The normalized spacial score (nSPS) is 14.5. The van der Waals surface area contributed by atoms with Crippen molar-refractivity contribution in [2.24, 2.45) is 5.73 Å². The Labute approximate surface area is 264 Å². The lowest BCUT2D eigenvalue weighted by molar-refractivity contribution is -0.114. The van der Waals surface area contributed by atoms with Gasteiger partial charge >= 0.3 is 0 Å². The number of hydrogen-bond donors (Lipinski definition) is 3. The van der Waals surface area contributed by atoms with Crippen molar-refractivity contribution in [3.63, 3.8) is 0 Å². The fraction of sp³-hybridized carbons (Fsp3) is 0.371. The maximum Gasteiger partial charge on any atom is 0.230 e. The highest BCUT2D eigenvalue weighted by Gasteiger charge is 2.22. The zero-order valence-corrected chi connectivity index (χ0v) is 26.6. The van der Waals surface area contributed by atoms with Crippen LogP contribution in [0.15, 0.2) is 66.9 Å². The number of carbonyl (C=O) groups excluding carboxylic acids is 1. The van der Waals surface area contributed by atoms with Crippen LogP contribution >= 0.6 is 0 Å². The van der Waals surface area contributed by atoms with E-state index < -0.39 is 0 Å². The first kappa shape index (κ1) is 30.5. The van der Waals surface area contributed by atoms with Crippen LogP contribution < -0.4 is 16.0 Å². The van der Waals surface area contributed by atoms with E-state index >= 15 is 0 Å². The Kier molecular flexibility index (Phi) is 8.95. The van der Waals surface area contributed by atoms with E-state index in [2.05, 4.69) is 70.5 Å². The predicted molar refractivity (Wildman–Crippen MR) is 182 cm³/mol. The molecule has 1 aliphatic heterocycles. The molecule has 0 aliphatic carbocycles. The van der Waals surface area contributed by atoms with E-state index in [4.69, 9.17) is 15.7 Å². The summed E-state index contributed by atoms with van der Waals surface area (Å²) in [6, 6.07) is 16.8. The molecule has 4 N–H and O–H groups in total. The summed E-state index contributed by atoms with van der Waals surface area (Å²) in [6.07, 6.45) is 7.71. The molecule has 0 saturated carbocycles. The molecule has 234 valence electrons. The Bertz CT molecular complexity index is 1830. The number of allylic oxidation sites excluding steroid dienone is 1. The molecule has 0 spiro atoms. The largest absolute Gasteiger partial charge is 0.355 e. The zero-order chi connectivity index (χ0) is 31.5. The van der Waals surface area contributed by atoms with E-state index in [0.29, 0.717) is 24.9 Å². The van der Waals surface area contributed by atoms with Crippen molar-refractivity contribution in [1.29, 1.82) is 0 Å². The maximum absolute atomic E-state index is 12.7. The fourth-order valence-electron chi connectivity index (χ4n) is 5.92. The van der Waals surface area contributed by atoms with Crippen molar-refractivity contribution in [3.05, 3.63) is 83.6 Å². The highest BCUT2D eigenvalue weighted by molar-refractivity contribution is 5.96. The number of piperidine rings is 1. The molecule has 45 heavy (non-hydrogen) atoms. The van der Waals surface area contributed by atoms with Gasteiger partial charge < -0.3 is 25.8 Å². The first-order valence-corrected chi connectivity index (χ1v) is 15.8. The van der Waals surface area contributed by atoms with Crippen LogP contribution in [0.2, 0.25) is 0 Å². The number of ketones is 1. The zero-order valence-electron chi connectivity index (χ0n) is 26.6. The lowest BCUT2D eigenvalue weighted by Gasteiger charge is -2.30. The average Bonchev–Trinajstić information content (AvgIpc) is 3.66. The molecule has 0 bridgehead atoms. The Morgan fingerprint density at radius 3 is 2.67 bits per heavy atom. The van der Waals surface area contributed by atoms with Gasteiger partial charge in [-0.15, -0.1) is 0 Å². The van der Waals surface area contributed by atoms with Crippen LogP contribution in [0, 0.1) is 0 Å². The third kappa shape index (κ3) is 6.77. The highest BCUT2D eigenvalue weighted by atomic mass is 16.1. The Balaban J connectivity index is 1.28. The lowest BCUT2D eigenvalue weighted by Crippen LogP contribution is -2.40. The molecule has 5 aromatic rings. The van der Waals surface area contributed by atoms with Crippen LogP contribution in [0.3, 0.4) is 0 Å². The first-order valence-electron chi connectivity index (χ1n) is 15.8. The fourth-order valence-corrected chi connectivity index (χ4v) is 5.92. The average molecular weight is 606 g/mol. The molecule has 10 heteroatoms. The van der Waals surface area contributed by atoms with Crippen molar-refractivity contribution >= 4 is 34.2 Å². The minimum atomic E-state index is 0.0962. The number of benzene rings is 2. The lowest BCUT2D eigenvalue weighted by atomic mass is 10.0. The van der Waals surface area contributed by atoms with E-state index in [0.717, 1.165) is 77.0 Å². The van der Waals surface area contributed by atoms with Crippen LogP contribution in [0.5, 0.6) is 0 Å². The summed E-state index contributed by atoms with van der Waals surface area (Å²) < 4.78 is 1.82. The monoisotopic (exact) mass is 605 g/mol. The number of rotatable bonds is 11. The van der Waals surface area contributed by atoms with Gasteiger partial charge in [0.1, 0.15) is 0 Å². The highest BCUT2D eigenvalue weighted by Crippen LogP contribution is 2.30. The summed E-state index contributed by atoms with van der Waals surface area (Å²) >= 11 is 0. The summed E-state index contributed by atoms with van der Waals surface area (Å²) in [5.74, 6) is 1.75. The van der Waals surface area contributed by atoms with E-state index in [9.17, 15) is 4.79 Å². The molecule has 1 saturated heterocycles. The summed E-state index contributed by atoms with van der Waals surface area (Å²) in [7, 11) is 3.98. The van der Waals surface area contributed by atoms with E-state index in [1.165, 1.54) is 0 Å².